The number of Topliss-reactive ketones (excluding diaryl/α,β-unsaturated/α-hetero) is 3. The van der Waals surface area contributed by atoms with Gasteiger partial charge >= 0.3 is 5.97 Å². The van der Waals surface area contributed by atoms with E-state index in [-0.39, 0.29) is 85.8 Å². The van der Waals surface area contributed by atoms with Gasteiger partial charge in [0, 0.05) is 56.4 Å². The smallest absolute Gasteiger partial charge is 0.328 e. The van der Waals surface area contributed by atoms with Gasteiger partial charge in [-0.15, -0.1) is 0 Å². The van der Waals surface area contributed by atoms with Crippen molar-refractivity contribution in [3.8, 4) is 5.75 Å². The summed E-state index contributed by atoms with van der Waals surface area (Å²) in [7, 11) is 1.50. The highest BCUT2D eigenvalue weighted by molar-refractivity contribution is 6.32. The first-order valence-electron chi connectivity index (χ1n) is 24.9. The van der Waals surface area contributed by atoms with Crippen molar-refractivity contribution >= 4 is 58.5 Å². The molecular weight excluding hydrogens is 928 g/mol. The number of ketones is 3. The molecule has 1 fully saturated rings. The van der Waals surface area contributed by atoms with E-state index < -0.39 is 70.7 Å². The second kappa shape index (κ2) is 25.8. The Morgan fingerprint density at radius 3 is 2.17 bits per heavy atom. The summed E-state index contributed by atoms with van der Waals surface area (Å²) < 4.78 is 17.8. The van der Waals surface area contributed by atoms with E-state index in [4.69, 9.17) is 25.8 Å². The number of ether oxygens (including phenoxy) is 3. The average Bonchev–Trinajstić information content (AvgIpc) is 4.09. The van der Waals surface area contributed by atoms with Crippen molar-refractivity contribution < 1.29 is 52.6 Å². The molecule has 9 atom stereocenters. The van der Waals surface area contributed by atoms with Gasteiger partial charge in [0.1, 0.15) is 41.6 Å². The zero-order valence-corrected chi connectivity index (χ0v) is 44.5. The number of esters is 1. The zero-order chi connectivity index (χ0) is 53.0. The standard InChI is InChI=1S/C55H77ClN4O11/c1-31(2)40(29-39(62)16-13-15-32(3)61)50(65)57-34(5)44(63)25-21-36-19-23-38(24-20-36)49-48(71-49)33(4)45-17-14-18-47(64)59-42(28-37-22-26-46(69-12)41(56)27-37)51(66)58-35(6)55(10,11)53(68)60-43(52(67)70-45)30-54(7,8)9/h14,18-20,22-24,26-27,31,33-35,40,42-43,45,48-49H,13,15-17,21,25,28-30H2,1-12H3,(H,57,65)(H,58,66)(H,59,64)(H,60,68)/b18-14+/t33-,34-,35?,40-,42+,43-,45-,48+,49+/m0/s1. The second-order valence-electron chi connectivity index (χ2n) is 21.6. The Hall–Kier alpha value is -5.41. The third-order valence-electron chi connectivity index (χ3n) is 13.6. The Morgan fingerprint density at radius 1 is 0.901 bits per heavy atom. The number of carbonyl (C=O) groups is 8. The normalized spacial score (nSPS) is 23.7. The van der Waals surface area contributed by atoms with Crippen LogP contribution in [0.5, 0.6) is 5.75 Å². The van der Waals surface area contributed by atoms with Crippen LogP contribution < -0.4 is 26.0 Å². The first kappa shape index (κ1) is 58.2. The Morgan fingerprint density at radius 2 is 1.56 bits per heavy atom. The lowest BCUT2D eigenvalue weighted by Crippen LogP contribution is -2.58. The summed E-state index contributed by atoms with van der Waals surface area (Å²) in [5, 5.41) is 11.8. The van der Waals surface area contributed by atoms with Crippen LogP contribution in [0, 0.1) is 28.6 Å². The van der Waals surface area contributed by atoms with Crippen LogP contribution in [0.25, 0.3) is 0 Å². The minimum atomic E-state index is -1.20. The lowest BCUT2D eigenvalue weighted by Gasteiger charge is -2.35. The SMILES string of the molecule is COc1ccc(C[C@H]2NC(=O)/C=C/C[C@@H]([C@H](C)[C@H]3O[C@@H]3c3ccc(CCC(=O)[C@H](C)NC(=O)[C@@H](CC(=O)CCCC(C)=O)C(C)C)cc3)OC(=O)[C@H](CC(C)(C)C)NC(=O)C(C)(C)C(C)NC2=O)cc1Cl. The minimum absolute atomic E-state index is 0.0186. The number of hydrogen-bond acceptors (Lipinski definition) is 11. The van der Waals surface area contributed by atoms with Gasteiger partial charge in [0.25, 0.3) is 0 Å². The van der Waals surface area contributed by atoms with E-state index in [2.05, 4.69) is 21.3 Å². The third-order valence-corrected chi connectivity index (χ3v) is 13.9. The fourth-order valence-electron chi connectivity index (χ4n) is 8.53. The molecular formula is C55H77ClN4O11. The Balaban J connectivity index is 1.47. The molecule has 0 saturated carbocycles. The zero-order valence-electron chi connectivity index (χ0n) is 43.7. The molecule has 0 bridgehead atoms. The summed E-state index contributed by atoms with van der Waals surface area (Å²) in [6.07, 6.45) is 3.64. The van der Waals surface area contributed by atoms with Crippen LogP contribution in [-0.4, -0.2) is 90.4 Å². The largest absolute Gasteiger partial charge is 0.495 e. The molecule has 2 aliphatic rings. The highest BCUT2D eigenvalue weighted by Crippen LogP contribution is 2.45. The minimum Gasteiger partial charge on any atom is -0.495 e. The van der Waals surface area contributed by atoms with Crippen molar-refractivity contribution in [3.63, 3.8) is 0 Å². The first-order chi connectivity index (χ1) is 33.2. The van der Waals surface area contributed by atoms with Gasteiger partial charge in [-0.25, -0.2) is 4.79 Å². The number of aryl methyl sites for hydroxylation is 1. The fraction of sp³-hybridized carbons (Fsp3) is 0.600. The molecule has 4 rings (SSSR count). The van der Waals surface area contributed by atoms with Gasteiger partial charge in [0.2, 0.25) is 23.6 Å². The predicted molar refractivity (Wildman–Crippen MR) is 271 cm³/mol. The first-order valence-corrected chi connectivity index (χ1v) is 25.3. The number of nitrogens with one attached hydrogen (secondary N) is 4. The Labute approximate surface area is 425 Å². The van der Waals surface area contributed by atoms with Gasteiger partial charge in [-0.05, 0) is 100 Å². The van der Waals surface area contributed by atoms with Crippen LogP contribution >= 0.6 is 11.6 Å². The van der Waals surface area contributed by atoms with Crippen molar-refractivity contribution in [3.05, 3.63) is 76.3 Å². The number of halogens is 1. The van der Waals surface area contributed by atoms with Crippen molar-refractivity contribution in [2.24, 2.45) is 28.6 Å². The van der Waals surface area contributed by atoms with Crippen LogP contribution in [0.3, 0.4) is 0 Å². The summed E-state index contributed by atoms with van der Waals surface area (Å²) >= 11 is 6.41. The van der Waals surface area contributed by atoms with E-state index in [9.17, 15) is 38.4 Å². The van der Waals surface area contributed by atoms with Gasteiger partial charge in [-0.2, -0.15) is 0 Å². The molecule has 0 aliphatic carbocycles. The summed E-state index contributed by atoms with van der Waals surface area (Å²) in [5.74, 6) is -3.29. The monoisotopic (exact) mass is 1000 g/mol. The molecule has 0 radical (unpaired) electrons. The van der Waals surface area contributed by atoms with Gasteiger partial charge in [0.05, 0.1) is 29.7 Å². The summed E-state index contributed by atoms with van der Waals surface area (Å²) in [5.41, 5.74) is 0.872. The van der Waals surface area contributed by atoms with E-state index in [0.717, 1.165) is 11.1 Å². The Kier molecular flexibility index (Phi) is 21.1. The summed E-state index contributed by atoms with van der Waals surface area (Å²) in [6, 6.07) is 9.28. The van der Waals surface area contributed by atoms with Crippen LogP contribution in [0.2, 0.25) is 5.02 Å². The summed E-state index contributed by atoms with van der Waals surface area (Å²) in [4.78, 5) is 106. The van der Waals surface area contributed by atoms with E-state index in [0.29, 0.717) is 35.6 Å². The van der Waals surface area contributed by atoms with Crippen LogP contribution in [0.15, 0.2) is 54.6 Å². The lowest BCUT2D eigenvalue weighted by molar-refractivity contribution is -0.157. The maximum absolute atomic E-state index is 14.2. The topological polar surface area (TPSA) is 216 Å². The highest BCUT2D eigenvalue weighted by Gasteiger charge is 2.48. The van der Waals surface area contributed by atoms with Gasteiger partial charge in [0.15, 0.2) is 5.78 Å². The molecule has 2 heterocycles. The molecule has 15 nitrogen and oxygen atoms in total. The van der Waals surface area contributed by atoms with Crippen LogP contribution in [0.1, 0.15) is 144 Å². The molecule has 4 N–H and O–H groups in total. The maximum atomic E-state index is 14.2. The van der Waals surface area contributed by atoms with Crippen molar-refractivity contribution in [2.45, 2.75) is 176 Å². The van der Waals surface area contributed by atoms with Crippen LogP contribution in [0.4, 0.5) is 0 Å². The van der Waals surface area contributed by atoms with Crippen LogP contribution in [-0.2, 0) is 60.7 Å². The number of carbonyl (C=O) groups excluding carboxylic acids is 8. The number of amides is 4. The molecule has 0 aromatic heterocycles. The van der Waals surface area contributed by atoms with E-state index >= 15 is 0 Å². The van der Waals surface area contributed by atoms with E-state index in [1.807, 2.05) is 65.8 Å². The fourth-order valence-corrected chi connectivity index (χ4v) is 8.81. The van der Waals surface area contributed by atoms with Gasteiger partial charge in [-0.1, -0.05) is 89.6 Å². The number of epoxide rings is 1. The van der Waals surface area contributed by atoms with Crippen molar-refractivity contribution in [2.75, 3.05) is 7.11 Å². The average molecular weight is 1010 g/mol. The molecule has 1 unspecified atom stereocenters. The predicted octanol–water partition coefficient (Wildman–Crippen LogP) is 7.47. The summed E-state index contributed by atoms with van der Waals surface area (Å²) in [6.45, 7) is 19.7. The molecule has 0 spiro atoms. The second-order valence-corrected chi connectivity index (χ2v) is 22.0. The molecule has 2 aliphatic heterocycles. The number of methoxy groups -OCH3 is 1. The number of cyclic esters (lactones) is 1. The number of benzene rings is 2. The molecule has 390 valence electrons. The number of rotatable bonds is 20. The molecule has 71 heavy (non-hydrogen) atoms. The molecule has 4 amide bonds. The number of hydrogen-bond donors (Lipinski definition) is 4. The molecule has 1 saturated heterocycles. The molecule has 2 aromatic rings. The highest BCUT2D eigenvalue weighted by atomic mass is 35.5. The van der Waals surface area contributed by atoms with Crippen molar-refractivity contribution in [1.29, 1.82) is 0 Å². The van der Waals surface area contributed by atoms with E-state index in [1.54, 1.807) is 52.0 Å². The van der Waals surface area contributed by atoms with Crippen molar-refractivity contribution in [1.82, 2.24) is 21.3 Å². The van der Waals surface area contributed by atoms with E-state index in [1.165, 1.54) is 20.1 Å². The molecule has 2 aromatic carbocycles. The molecule has 16 heteroatoms. The maximum Gasteiger partial charge on any atom is 0.328 e. The quantitative estimate of drug-likeness (QED) is 0.0754. The van der Waals surface area contributed by atoms with Gasteiger partial charge < -0.3 is 40.3 Å². The van der Waals surface area contributed by atoms with Gasteiger partial charge in [-0.3, -0.25) is 28.8 Å². The Bertz CT molecular complexity index is 2270. The third kappa shape index (κ3) is 17.7. The lowest BCUT2D eigenvalue weighted by atomic mass is 9.82.